The molecule has 2 rings (SSSR count). The van der Waals surface area contributed by atoms with Crippen molar-refractivity contribution in [2.24, 2.45) is 0 Å². The van der Waals surface area contributed by atoms with Crippen molar-refractivity contribution in [1.29, 1.82) is 0 Å². The van der Waals surface area contributed by atoms with Crippen LogP contribution in [0, 0.1) is 6.92 Å². The normalized spacial score (nSPS) is 12.1. The molecule has 0 fully saturated rings. The third-order valence-corrected chi connectivity index (χ3v) is 2.86. The molecule has 0 bridgehead atoms. The van der Waals surface area contributed by atoms with Crippen molar-refractivity contribution in [3.63, 3.8) is 0 Å². The van der Waals surface area contributed by atoms with Crippen LogP contribution < -0.4 is 4.74 Å². The lowest BCUT2D eigenvalue weighted by Gasteiger charge is -2.12. The summed E-state index contributed by atoms with van der Waals surface area (Å²) in [6.45, 7) is 2.02. The van der Waals surface area contributed by atoms with Crippen LogP contribution in [0.25, 0.3) is 6.08 Å². The van der Waals surface area contributed by atoms with E-state index in [0.717, 1.165) is 5.56 Å². The first-order chi connectivity index (χ1) is 10.2. The smallest absolute Gasteiger partial charge is 0.351 e. The van der Waals surface area contributed by atoms with E-state index in [0.29, 0.717) is 5.88 Å². The number of aromatic nitrogens is 1. The van der Waals surface area contributed by atoms with Crippen molar-refractivity contribution in [3.8, 4) is 5.88 Å². The van der Waals surface area contributed by atoms with Crippen molar-refractivity contribution in [2.75, 3.05) is 7.11 Å². The van der Waals surface area contributed by atoms with Crippen molar-refractivity contribution in [3.05, 3.63) is 65.9 Å². The van der Waals surface area contributed by atoms with Gasteiger partial charge in [0, 0.05) is 12.3 Å². The Bertz CT molecular complexity index is 606. The van der Waals surface area contributed by atoms with Gasteiger partial charge in [0.05, 0.1) is 7.11 Å². The molecule has 0 aliphatic heterocycles. The molecule has 0 aliphatic carbocycles. The number of rotatable bonds is 5. The predicted molar refractivity (Wildman–Crippen MR) is 80.9 cm³/mol. The number of pyridine rings is 1. The molecule has 0 radical (unpaired) electrons. The highest BCUT2D eigenvalue weighted by Gasteiger charge is 2.18. The summed E-state index contributed by atoms with van der Waals surface area (Å²) in [6.07, 6.45) is 4.26. The highest BCUT2D eigenvalue weighted by Crippen LogP contribution is 2.11. The first-order valence-corrected chi connectivity index (χ1v) is 6.59. The Labute approximate surface area is 124 Å². The highest BCUT2D eigenvalue weighted by atomic mass is 16.6. The van der Waals surface area contributed by atoms with Gasteiger partial charge in [0.15, 0.2) is 0 Å². The Morgan fingerprint density at radius 1 is 1.19 bits per heavy atom. The van der Waals surface area contributed by atoms with Crippen molar-refractivity contribution < 1.29 is 14.3 Å². The van der Waals surface area contributed by atoms with E-state index in [1.807, 2.05) is 37.3 Å². The molecule has 1 aromatic heterocycles. The van der Waals surface area contributed by atoms with E-state index >= 15 is 0 Å². The summed E-state index contributed by atoms with van der Waals surface area (Å²) in [7, 11) is 1.33. The summed E-state index contributed by atoms with van der Waals surface area (Å²) in [6, 6.07) is 13.2. The Morgan fingerprint density at radius 3 is 2.57 bits per heavy atom. The van der Waals surface area contributed by atoms with E-state index in [-0.39, 0.29) is 0 Å². The number of methoxy groups -OCH3 is 1. The number of esters is 1. The van der Waals surface area contributed by atoms with Crippen LogP contribution in [-0.2, 0) is 9.53 Å². The molecule has 1 unspecified atom stereocenters. The van der Waals surface area contributed by atoms with Gasteiger partial charge in [0.1, 0.15) is 0 Å². The van der Waals surface area contributed by atoms with E-state index < -0.39 is 12.1 Å². The maximum atomic E-state index is 11.8. The molecule has 4 nitrogen and oxygen atoms in total. The second-order valence-electron chi connectivity index (χ2n) is 4.50. The number of ether oxygens (including phenoxy) is 2. The third kappa shape index (κ3) is 4.45. The maximum Gasteiger partial charge on any atom is 0.351 e. The molecular formula is C17H17NO3. The minimum atomic E-state index is -0.828. The largest absolute Gasteiger partial charge is 0.466 e. The zero-order valence-electron chi connectivity index (χ0n) is 12.0. The second kappa shape index (κ2) is 7.24. The zero-order valence-corrected chi connectivity index (χ0v) is 12.0. The lowest BCUT2D eigenvalue weighted by molar-refractivity contribution is -0.146. The van der Waals surface area contributed by atoms with E-state index in [1.165, 1.54) is 12.7 Å². The summed E-state index contributed by atoms with van der Waals surface area (Å²) >= 11 is 0. The van der Waals surface area contributed by atoms with Crippen LogP contribution >= 0.6 is 0 Å². The first-order valence-electron chi connectivity index (χ1n) is 6.59. The van der Waals surface area contributed by atoms with E-state index in [9.17, 15) is 4.79 Å². The van der Waals surface area contributed by atoms with Crippen LogP contribution in [-0.4, -0.2) is 24.2 Å². The van der Waals surface area contributed by atoms with Gasteiger partial charge in [0.2, 0.25) is 12.0 Å². The topological polar surface area (TPSA) is 48.4 Å². The van der Waals surface area contributed by atoms with Crippen molar-refractivity contribution in [1.82, 2.24) is 4.98 Å². The molecule has 0 aliphatic rings. The molecule has 1 heterocycles. The molecule has 21 heavy (non-hydrogen) atoms. The average Bonchev–Trinajstić information content (AvgIpc) is 2.53. The molecule has 108 valence electrons. The fourth-order valence-corrected chi connectivity index (χ4v) is 1.71. The van der Waals surface area contributed by atoms with Crippen LogP contribution in [0.15, 0.2) is 54.7 Å². The molecule has 0 saturated heterocycles. The minimum Gasteiger partial charge on any atom is -0.466 e. The number of benzene rings is 1. The monoisotopic (exact) mass is 283 g/mol. The van der Waals surface area contributed by atoms with Crippen LogP contribution in [0.5, 0.6) is 5.88 Å². The van der Waals surface area contributed by atoms with Crippen molar-refractivity contribution in [2.45, 2.75) is 13.0 Å². The van der Waals surface area contributed by atoms with Gasteiger partial charge in [-0.3, -0.25) is 0 Å². The molecule has 1 atom stereocenters. The first kappa shape index (κ1) is 14.8. The lowest BCUT2D eigenvalue weighted by atomic mass is 10.1. The number of carbonyl (C=O) groups is 1. The molecule has 0 spiro atoms. The van der Waals surface area contributed by atoms with E-state index in [1.54, 1.807) is 30.5 Å². The Hall–Kier alpha value is -2.62. The minimum absolute atomic E-state index is 0.376. The molecule has 0 N–H and O–H groups in total. The van der Waals surface area contributed by atoms with Gasteiger partial charge >= 0.3 is 5.97 Å². The fraction of sp³-hybridized carbons (Fsp3) is 0.176. The average molecular weight is 283 g/mol. The number of aryl methyl sites for hydroxylation is 1. The Morgan fingerprint density at radius 2 is 1.95 bits per heavy atom. The van der Waals surface area contributed by atoms with Gasteiger partial charge in [0.25, 0.3) is 0 Å². The second-order valence-corrected chi connectivity index (χ2v) is 4.50. The van der Waals surface area contributed by atoms with Gasteiger partial charge in [-0.15, -0.1) is 0 Å². The maximum absolute atomic E-state index is 11.8. The third-order valence-electron chi connectivity index (χ3n) is 2.86. The summed E-state index contributed by atoms with van der Waals surface area (Å²) in [4.78, 5) is 15.8. The SMILES string of the molecule is COC(=O)C(/C=C/c1ccc(C)cc1)Oc1ccccn1. The molecule has 2 aromatic rings. The zero-order chi connectivity index (χ0) is 15.1. The van der Waals surface area contributed by atoms with Gasteiger partial charge in [-0.25, -0.2) is 9.78 Å². The van der Waals surface area contributed by atoms with Gasteiger partial charge in [-0.2, -0.15) is 0 Å². The van der Waals surface area contributed by atoms with Crippen LogP contribution in [0.2, 0.25) is 0 Å². The van der Waals surface area contributed by atoms with E-state index in [4.69, 9.17) is 9.47 Å². The van der Waals surface area contributed by atoms with Gasteiger partial charge in [-0.05, 0) is 24.6 Å². The highest BCUT2D eigenvalue weighted by molar-refractivity contribution is 5.78. The number of carbonyl (C=O) groups excluding carboxylic acids is 1. The Balaban J connectivity index is 2.13. The number of nitrogens with zero attached hydrogens (tertiary/aromatic N) is 1. The molecular weight excluding hydrogens is 266 g/mol. The molecule has 0 amide bonds. The van der Waals surface area contributed by atoms with Crippen LogP contribution in [0.3, 0.4) is 0 Å². The standard InChI is InChI=1S/C17H17NO3/c1-13-6-8-14(9-7-13)10-11-15(17(19)20-2)21-16-5-3-4-12-18-16/h3-12,15H,1-2H3/b11-10+. The van der Waals surface area contributed by atoms with Gasteiger partial charge < -0.3 is 9.47 Å². The van der Waals surface area contributed by atoms with Crippen LogP contribution in [0.4, 0.5) is 0 Å². The van der Waals surface area contributed by atoms with E-state index in [2.05, 4.69) is 4.98 Å². The van der Waals surface area contributed by atoms with Crippen LogP contribution in [0.1, 0.15) is 11.1 Å². The summed E-state index contributed by atoms with van der Waals surface area (Å²) in [5.41, 5.74) is 2.17. The Kier molecular flexibility index (Phi) is 5.10. The molecule has 4 heteroatoms. The summed E-state index contributed by atoms with van der Waals surface area (Å²) < 4.78 is 10.3. The quantitative estimate of drug-likeness (QED) is 0.791. The number of hydrogen-bond acceptors (Lipinski definition) is 4. The van der Waals surface area contributed by atoms with Crippen molar-refractivity contribution >= 4 is 12.0 Å². The lowest BCUT2D eigenvalue weighted by Crippen LogP contribution is -2.26. The molecule has 1 aromatic carbocycles. The molecule has 0 saturated carbocycles. The summed E-state index contributed by atoms with van der Waals surface area (Å²) in [5.74, 6) is -0.0922. The fourth-order valence-electron chi connectivity index (χ4n) is 1.71. The summed E-state index contributed by atoms with van der Waals surface area (Å²) in [5, 5.41) is 0. The van der Waals surface area contributed by atoms with Gasteiger partial charge in [-0.1, -0.05) is 42.0 Å². The predicted octanol–water partition coefficient (Wildman–Crippen LogP) is 3.02. The number of hydrogen-bond donors (Lipinski definition) is 0.